The first-order chi connectivity index (χ1) is 4.81. The van der Waals surface area contributed by atoms with Crippen molar-refractivity contribution >= 4 is 43.3 Å². The van der Waals surface area contributed by atoms with Crippen LogP contribution < -0.4 is 0 Å². The van der Waals surface area contributed by atoms with Crippen molar-refractivity contribution in [2.45, 2.75) is 37.9 Å². The molecule has 0 aromatic rings. The van der Waals surface area contributed by atoms with Gasteiger partial charge in [0, 0.05) is 0 Å². The van der Waals surface area contributed by atoms with Crippen LogP contribution in [-0.4, -0.2) is 29.3 Å². The average molecular weight is 237 g/mol. The summed E-state index contributed by atoms with van der Waals surface area (Å²) in [6.07, 6.45) is 5.46. The fraction of sp³-hybridized carbons (Fsp3) is 1.00. The molecule has 4 heteroatoms. The molecule has 0 bridgehead atoms. The Labute approximate surface area is 83.7 Å². The molecule has 10 heavy (non-hydrogen) atoms. The van der Waals surface area contributed by atoms with Gasteiger partial charge < -0.3 is 2.84 Å². The van der Waals surface area contributed by atoms with Crippen LogP contribution in [0.1, 0.15) is 32.6 Å². The Morgan fingerprint density at radius 2 is 2.10 bits per heavy atom. The van der Waals surface area contributed by atoms with Gasteiger partial charge in [-0.25, -0.2) is 0 Å². The fourth-order valence-electron chi connectivity index (χ4n) is 0.849. The first-order valence-electron chi connectivity index (χ1n) is 3.98. The molecule has 1 nitrogen and oxygen atoms in total. The molecule has 0 radical (unpaired) electrons. The van der Waals surface area contributed by atoms with E-state index in [0.717, 1.165) is 16.6 Å². The topological polar surface area (TPSA) is 9.23 Å². The summed E-state index contributed by atoms with van der Waals surface area (Å²) >= 11 is 3.64. The highest BCUT2D eigenvalue weighted by Crippen LogP contribution is 2.09. The quantitative estimate of drug-likeness (QED) is 0.507. The van der Waals surface area contributed by atoms with Crippen molar-refractivity contribution in [2.24, 2.45) is 0 Å². The Bertz CT molecular complexity index is 72.8. The number of hydrogen-bond donors (Lipinski definition) is 0. The zero-order valence-electron chi connectivity index (χ0n) is 6.90. The van der Waals surface area contributed by atoms with Crippen LogP contribution in [-0.2, 0) is 2.84 Å². The van der Waals surface area contributed by atoms with Crippen LogP contribution in [0.2, 0.25) is 5.28 Å². The molecule has 0 spiro atoms. The molecule has 0 rings (SSSR count). The van der Waals surface area contributed by atoms with E-state index >= 15 is 0 Å². The maximum Gasteiger partial charge on any atom is 0.526 e. The van der Waals surface area contributed by atoms with E-state index < -0.39 is 12.7 Å². The number of unbranched alkanes of at least 4 members (excludes halogenated alkanes) is 3. The molecule has 0 amide bonds. The highest BCUT2D eigenvalue weighted by atomic mass is 79.9. The predicted octanol–water partition coefficient (Wildman–Crippen LogP) is 2.01. The van der Waals surface area contributed by atoms with Gasteiger partial charge in [-0.05, 0) is 0 Å². The molecule has 0 unspecified atom stereocenters. The number of halogens is 1. The van der Waals surface area contributed by atoms with Crippen LogP contribution in [0.5, 0.6) is 0 Å². The molecule has 0 saturated carbocycles. The molecular formula is C6H15Al2BrO. The van der Waals surface area contributed by atoms with Crippen molar-refractivity contribution in [1.82, 2.24) is 0 Å². The Morgan fingerprint density at radius 1 is 1.40 bits per heavy atom. The first kappa shape index (κ1) is 11.5. The van der Waals surface area contributed by atoms with Gasteiger partial charge in [-0.2, -0.15) is 14.1 Å². The largest absolute Gasteiger partial charge is 0.633 e. The molecule has 0 atom stereocenters. The van der Waals surface area contributed by atoms with E-state index in [1.54, 1.807) is 0 Å². The molecule has 0 aromatic heterocycles. The molecule has 0 fully saturated rings. The van der Waals surface area contributed by atoms with E-state index in [1.807, 2.05) is 0 Å². The van der Waals surface area contributed by atoms with E-state index in [1.165, 1.54) is 31.0 Å². The van der Waals surface area contributed by atoms with Crippen LogP contribution in [0.25, 0.3) is 0 Å². The lowest BCUT2D eigenvalue weighted by molar-refractivity contribution is 0.632. The van der Waals surface area contributed by atoms with Crippen molar-refractivity contribution < 1.29 is 2.84 Å². The normalized spacial score (nSPS) is 9.80. The maximum atomic E-state index is 5.32. The third-order valence-corrected chi connectivity index (χ3v) is 9.19. The number of hydrogen-bond acceptors (Lipinski definition) is 1. The first-order valence-corrected chi connectivity index (χ1v) is 9.27. The molecule has 0 aliphatic rings. The molecule has 0 heterocycles. The van der Waals surface area contributed by atoms with Gasteiger partial charge >= 0.3 is 29.3 Å². The Hall–Kier alpha value is 1.50. The van der Waals surface area contributed by atoms with Crippen molar-refractivity contribution in [1.29, 1.82) is 0 Å². The second-order valence-electron chi connectivity index (χ2n) is 2.50. The Kier molecular flexibility index (Phi) is 9.89. The van der Waals surface area contributed by atoms with Gasteiger partial charge in [0.15, 0.2) is 0 Å². The second-order valence-corrected chi connectivity index (χ2v) is 8.84. The molecule has 58 valence electrons. The summed E-state index contributed by atoms with van der Waals surface area (Å²) in [6.45, 7) is 2.24. The lowest BCUT2D eigenvalue weighted by Gasteiger charge is -2.01. The summed E-state index contributed by atoms with van der Waals surface area (Å²) in [7, 11) is 0. The van der Waals surface area contributed by atoms with E-state index in [2.05, 4.69) is 21.0 Å². The van der Waals surface area contributed by atoms with E-state index in [9.17, 15) is 0 Å². The summed E-state index contributed by atoms with van der Waals surface area (Å²) in [5.41, 5.74) is 0. The van der Waals surface area contributed by atoms with Crippen LogP contribution >= 0.6 is 14.1 Å². The van der Waals surface area contributed by atoms with Crippen molar-refractivity contribution in [2.75, 3.05) is 0 Å². The van der Waals surface area contributed by atoms with Gasteiger partial charge in [0.25, 0.3) is 0 Å². The van der Waals surface area contributed by atoms with Crippen LogP contribution in [0.3, 0.4) is 0 Å². The lowest BCUT2D eigenvalue weighted by Crippen LogP contribution is -2.06. The van der Waals surface area contributed by atoms with Gasteiger partial charge in [-0.15, -0.1) is 0 Å². The zero-order valence-corrected chi connectivity index (χ0v) is 11.6. The minimum absolute atomic E-state index is 0.850. The lowest BCUT2D eigenvalue weighted by atomic mass is 10.2. The van der Waals surface area contributed by atoms with Crippen molar-refractivity contribution in [3.63, 3.8) is 0 Å². The molecule has 0 aromatic carbocycles. The third kappa shape index (κ3) is 7.61. The third-order valence-electron chi connectivity index (χ3n) is 1.54. The minimum Gasteiger partial charge on any atom is -0.633 e. The highest BCUT2D eigenvalue weighted by molar-refractivity contribution is 9.24. The SMILES string of the molecule is CCCCC[CH2][Al]([Br])[O][AlH2]. The zero-order chi connectivity index (χ0) is 7.82. The van der Waals surface area contributed by atoms with Crippen LogP contribution in [0, 0.1) is 0 Å². The van der Waals surface area contributed by atoms with E-state index in [4.69, 9.17) is 2.84 Å². The molecular weight excluding hydrogens is 222 g/mol. The van der Waals surface area contributed by atoms with Gasteiger partial charge in [-0.3, -0.25) is 0 Å². The Morgan fingerprint density at radius 3 is 2.60 bits per heavy atom. The van der Waals surface area contributed by atoms with E-state index in [-0.39, 0.29) is 0 Å². The minimum atomic E-state index is -0.850. The van der Waals surface area contributed by atoms with Crippen molar-refractivity contribution in [3.05, 3.63) is 0 Å². The standard InChI is InChI=1S/C6H13.2Al.BrH.O.2H/c1-3-5-6-4-2;;;;;;/h1,3-6H2,2H3;;;1H;;;/q;;+1;;;;/p-1. The molecule has 0 aliphatic heterocycles. The average Bonchev–Trinajstić information content (AvgIpc) is 1.98. The van der Waals surface area contributed by atoms with Gasteiger partial charge in [-0.1, -0.05) is 37.9 Å². The van der Waals surface area contributed by atoms with Crippen LogP contribution in [0.15, 0.2) is 0 Å². The van der Waals surface area contributed by atoms with Gasteiger partial charge in [0.05, 0.1) is 0 Å². The summed E-state index contributed by atoms with van der Waals surface area (Å²) in [6, 6.07) is 0. The van der Waals surface area contributed by atoms with Crippen LogP contribution in [0.4, 0.5) is 0 Å². The summed E-state index contributed by atoms with van der Waals surface area (Å²) in [5.74, 6) is 0. The smallest absolute Gasteiger partial charge is 0.526 e. The van der Waals surface area contributed by atoms with Gasteiger partial charge in [0.2, 0.25) is 0 Å². The molecule has 0 N–H and O–H groups in total. The summed E-state index contributed by atoms with van der Waals surface area (Å²) in [5, 5.41) is 1.31. The predicted molar refractivity (Wildman–Crippen MR) is 53.3 cm³/mol. The van der Waals surface area contributed by atoms with E-state index in [0.29, 0.717) is 0 Å². The fourth-order valence-corrected chi connectivity index (χ4v) is 3.37. The van der Waals surface area contributed by atoms with Gasteiger partial charge in [0.1, 0.15) is 0 Å². The summed E-state index contributed by atoms with van der Waals surface area (Å²) < 4.78 is 5.32. The second kappa shape index (κ2) is 8.60. The Balaban J connectivity index is 2.89. The van der Waals surface area contributed by atoms with Crippen molar-refractivity contribution in [3.8, 4) is 0 Å². The monoisotopic (exact) mass is 236 g/mol. The molecule has 0 aliphatic carbocycles. The number of rotatable bonds is 6. The maximum absolute atomic E-state index is 5.32. The highest BCUT2D eigenvalue weighted by Gasteiger charge is 2.10. The molecule has 0 saturated heterocycles. The summed E-state index contributed by atoms with van der Waals surface area (Å²) in [4.78, 5) is 0.